The van der Waals surface area contributed by atoms with Crippen molar-refractivity contribution in [2.45, 2.75) is 45.1 Å². The van der Waals surface area contributed by atoms with Gasteiger partial charge in [-0.3, -0.25) is 4.79 Å². The maximum atomic E-state index is 11.7. The van der Waals surface area contributed by atoms with Crippen molar-refractivity contribution in [2.24, 2.45) is 5.92 Å². The second-order valence-electron chi connectivity index (χ2n) is 6.62. The minimum absolute atomic E-state index is 0.0218. The third kappa shape index (κ3) is 3.40. The summed E-state index contributed by atoms with van der Waals surface area (Å²) in [4.78, 5) is 11.7. The van der Waals surface area contributed by atoms with E-state index in [0.29, 0.717) is 0 Å². The Morgan fingerprint density at radius 3 is 2.45 bits per heavy atom. The number of piperidine rings is 1. The van der Waals surface area contributed by atoms with Crippen LogP contribution in [0, 0.1) is 5.92 Å². The summed E-state index contributed by atoms with van der Waals surface area (Å²) < 4.78 is 4.87. The van der Waals surface area contributed by atoms with Gasteiger partial charge in [-0.25, -0.2) is 0 Å². The first-order valence-corrected chi connectivity index (χ1v) is 7.33. The van der Waals surface area contributed by atoms with Crippen molar-refractivity contribution in [1.29, 1.82) is 0 Å². The molecule has 3 nitrogen and oxygen atoms in total. The Morgan fingerprint density at radius 2 is 1.90 bits per heavy atom. The van der Waals surface area contributed by atoms with Crippen LogP contribution in [-0.2, 0) is 14.9 Å². The number of methoxy groups -OCH3 is 1. The highest BCUT2D eigenvalue weighted by Gasteiger charge is 2.28. The molecule has 1 aromatic carbocycles. The van der Waals surface area contributed by atoms with E-state index in [9.17, 15) is 4.79 Å². The van der Waals surface area contributed by atoms with Gasteiger partial charge in [0.1, 0.15) is 0 Å². The lowest BCUT2D eigenvalue weighted by molar-refractivity contribution is -0.146. The van der Waals surface area contributed by atoms with Crippen LogP contribution in [-0.4, -0.2) is 19.6 Å². The third-order valence-corrected chi connectivity index (χ3v) is 4.12. The highest BCUT2D eigenvalue weighted by atomic mass is 16.5. The van der Waals surface area contributed by atoms with Gasteiger partial charge in [0.15, 0.2) is 0 Å². The predicted octanol–water partition coefficient (Wildman–Crippen LogP) is 3.20. The minimum Gasteiger partial charge on any atom is -0.469 e. The van der Waals surface area contributed by atoms with Gasteiger partial charge >= 0.3 is 5.97 Å². The molecule has 0 saturated carbocycles. The van der Waals surface area contributed by atoms with Gasteiger partial charge in [-0.05, 0) is 35.9 Å². The van der Waals surface area contributed by atoms with Crippen LogP contribution in [0.1, 0.15) is 50.8 Å². The Balaban J connectivity index is 2.09. The molecule has 2 atom stereocenters. The molecule has 1 fully saturated rings. The highest BCUT2D eigenvalue weighted by molar-refractivity contribution is 5.72. The minimum atomic E-state index is -0.0807. The number of carbonyl (C=O) groups excluding carboxylic acids is 1. The fourth-order valence-corrected chi connectivity index (χ4v) is 2.77. The van der Waals surface area contributed by atoms with Gasteiger partial charge in [0.2, 0.25) is 0 Å². The number of hydrogen-bond acceptors (Lipinski definition) is 3. The molecule has 2 rings (SSSR count). The standard InChI is InChI=1S/C17H25NO2/c1-17(2,3)14-7-5-12(6-8-14)15-11-13(9-10-18-15)16(19)20-4/h5-8,13,15,18H,9-11H2,1-4H3. The van der Waals surface area contributed by atoms with Gasteiger partial charge in [-0.1, -0.05) is 45.0 Å². The highest BCUT2D eigenvalue weighted by Crippen LogP contribution is 2.30. The van der Waals surface area contributed by atoms with E-state index in [1.807, 2.05) is 0 Å². The lowest BCUT2D eigenvalue weighted by atomic mass is 9.84. The number of rotatable bonds is 2. The summed E-state index contributed by atoms with van der Waals surface area (Å²) in [6.07, 6.45) is 1.69. The van der Waals surface area contributed by atoms with Crippen LogP contribution in [0.25, 0.3) is 0 Å². The van der Waals surface area contributed by atoms with Crippen LogP contribution in [0.4, 0.5) is 0 Å². The molecule has 1 aliphatic heterocycles. The van der Waals surface area contributed by atoms with E-state index >= 15 is 0 Å². The first-order valence-electron chi connectivity index (χ1n) is 7.33. The second-order valence-corrected chi connectivity index (χ2v) is 6.62. The van der Waals surface area contributed by atoms with Crippen molar-refractivity contribution in [3.8, 4) is 0 Å². The lowest BCUT2D eigenvalue weighted by Crippen LogP contribution is -2.35. The molecule has 0 radical (unpaired) electrons. The van der Waals surface area contributed by atoms with Crippen LogP contribution >= 0.6 is 0 Å². The van der Waals surface area contributed by atoms with Crippen LogP contribution in [0.2, 0.25) is 0 Å². The SMILES string of the molecule is COC(=O)C1CCNC(c2ccc(C(C)(C)C)cc2)C1. The molecular formula is C17H25NO2. The van der Waals surface area contributed by atoms with Crippen LogP contribution < -0.4 is 5.32 Å². The summed E-state index contributed by atoms with van der Waals surface area (Å²) in [5.74, 6) is -0.0589. The summed E-state index contributed by atoms with van der Waals surface area (Å²) in [6, 6.07) is 9.00. The Bertz CT molecular complexity index is 459. The zero-order chi connectivity index (χ0) is 14.8. The van der Waals surface area contributed by atoms with Gasteiger partial charge in [0.25, 0.3) is 0 Å². The predicted molar refractivity (Wildman–Crippen MR) is 80.6 cm³/mol. The maximum Gasteiger partial charge on any atom is 0.308 e. The monoisotopic (exact) mass is 275 g/mol. The van der Waals surface area contributed by atoms with Crippen molar-refractivity contribution in [1.82, 2.24) is 5.32 Å². The topological polar surface area (TPSA) is 38.3 Å². The number of carbonyl (C=O) groups is 1. The molecule has 1 aliphatic rings. The smallest absolute Gasteiger partial charge is 0.308 e. The van der Waals surface area contributed by atoms with Crippen LogP contribution in [0.3, 0.4) is 0 Å². The van der Waals surface area contributed by atoms with E-state index in [4.69, 9.17) is 4.74 Å². The summed E-state index contributed by atoms with van der Waals surface area (Å²) >= 11 is 0. The van der Waals surface area contributed by atoms with E-state index in [0.717, 1.165) is 19.4 Å². The van der Waals surface area contributed by atoms with E-state index in [1.54, 1.807) is 0 Å². The third-order valence-electron chi connectivity index (χ3n) is 4.12. The molecule has 2 unspecified atom stereocenters. The average molecular weight is 275 g/mol. The van der Waals surface area contributed by atoms with Crippen LogP contribution in [0.5, 0.6) is 0 Å². The van der Waals surface area contributed by atoms with Gasteiger partial charge in [-0.2, -0.15) is 0 Å². The van der Waals surface area contributed by atoms with E-state index in [2.05, 4.69) is 50.4 Å². The Kier molecular flexibility index (Phi) is 4.48. The fourth-order valence-electron chi connectivity index (χ4n) is 2.77. The molecule has 1 N–H and O–H groups in total. The van der Waals surface area contributed by atoms with Gasteiger partial charge in [-0.15, -0.1) is 0 Å². The van der Waals surface area contributed by atoms with Gasteiger partial charge < -0.3 is 10.1 Å². The Hall–Kier alpha value is -1.35. The summed E-state index contributed by atoms with van der Waals surface area (Å²) in [5, 5.41) is 3.49. The quantitative estimate of drug-likeness (QED) is 0.842. The average Bonchev–Trinajstić information content (AvgIpc) is 2.46. The summed E-state index contributed by atoms with van der Waals surface area (Å²) in [5.41, 5.74) is 2.76. The summed E-state index contributed by atoms with van der Waals surface area (Å²) in [7, 11) is 1.47. The molecule has 0 amide bonds. The molecule has 1 heterocycles. The largest absolute Gasteiger partial charge is 0.469 e. The normalized spacial score (nSPS) is 23.4. The first kappa shape index (κ1) is 15.0. The molecule has 0 bridgehead atoms. The number of esters is 1. The molecule has 20 heavy (non-hydrogen) atoms. The first-order chi connectivity index (χ1) is 9.41. The van der Waals surface area contributed by atoms with Crippen molar-refractivity contribution < 1.29 is 9.53 Å². The number of nitrogens with one attached hydrogen (secondary N) is 1. The number of ether oxygens (including phenoxy) is 1. The molecule has 110 valence electrons. The Morgan fingerprint density at radius 1 is 1.25 bits per heavy atom. The van der Waals surface area contributed by atoms with Gasteiger partial charge in [0.05, 0.1) is 13.0 Å². The fraction of sp³-hybridized carbons (Fsp3) is 0.588. The molecule has 0 aliphatic carbocycles. The zero-order valence-electron chi connectivity index (χ0n) is 12.9. The zero-order valence-corrected chi connectivity index (χ0v) is 12.9. The molecule has 0 spiro atoms. The lowest BCUT2D eigenvalue weighted by Gasteiger charge is -2.29. The number of benzene rings is 1. The van der Waals surface area contributed by atoms with Crippen molar-refractivity contribution in [3.63, 3.8) is 0 Å². The van der Waals surface area contributed by atoms with E-state index in [1.165, 1.54) is 18.2 Å². The molecule has 1 saturated heterocycles. The second kappa shape index (κ2) is 5.96. The van der Waals surface area contributed by atoms with E-state index < -0.39 is 0 Å². The molecule has 0 aromatic heterocycles. The molecule has 1 aromatic rings. The Labute approximate surface area is 121 Å². The van der Waals surface area contributed by atoms with Crippen molar-refractivity contribution >= 4 is 5.97 Å². The summed E-state index contributed by atoms with van der Waals surface area (Å²) in [6.45, 7) is 7.52. The van der Waals surface area contributed by atoms with Crippen molar-refractivity contribution in [3.05, 3.63) is 35.4 Å². The van der Waals surface area contributed by atoms with Gasteiger partial charge in [0, 0.05) is 6.04 Å². The van der Waals surface area contributed by atoms with Crippen LogP contribution in [0.15, 0.2) is 24.3 Å². The molecule has 3 heteroatoms. The van der Waals surface area contributed by atoms with Crippen molar-refractivity contribution in [2.75, 3.05) is 13.7 Å². The van der Waals surface area contributed by atoms with E-state index in [-0.39, 0.29) is 23.3 Å². The maximum absolute atomic E-state index is 11.7. The number of hydrogen-bond donors (Lipinski definition) is 1. The molecular weight excluding hydrogens is 250 g/mol.